The molecule has 3 rings (SSSR count). The van der Waals surface area contributed by atoms with Gasteiger partial charge in [-0.3, -0.25) is 0 Å². The van der Waals surface area contributed by atoms with Crippen LogP contribution in [0.3, 0.4) is 0 Å². The van der Waals surface area contributed by atoms with Crippen LogP contribution in [-0.2, 0) is 0 Å². The lowest BCUT2D eigenvalue weighted by atomic mass is 9.82. The topological polar surface area (TPSA) is 21.3 Å². The van der Waals surface area contributed by atoms with Gasteiger partial charge in [0.25, 0.3) is 0 Å². The van der Waals surface area contributed by atoms with Crippen LogP contribution in [-0.4, -0.2) is 12.1 Å². The largest absolute Gasteiger partial charge is 0.487 e. The van der Waals surface area contributed by atoms with E-state index in [4.69, 9.17) is 4.74 Å². The molecular weight excluding hydrogens is 314 g/mol. The van der Waals surface area contributed by atoms with Crippen LogP contribution in [0.4, 0.5) is 0 Å². The van der Waals surface area contributed by atoms with Crippen molar-refractivity contribution in [2.24, 2.45) is 5.41 Å². The van der Waals surface area contributed by atoms with Crippen molar-refractivity contribution in [1.29, 1.82) is 0 Å². The van der Waals surface area contributed by atoms with Gasteiger partial charge in [-0.1, -0.05) is 42.8 Å². The Morgan fingerprint density at radius 3 is 2.80 bits per heavy atom. The molecule has 2 aliphatic rings. The highest BCUT2D eigenvalue weighted by molar-refractivity contribution is 9.10. The molecule has 0 saturated heterocycles. The molecule has 20 heavy (non-hydrogen) atoms. The Morgan fingerprint density at radius 1 is 1.35 bits per heavy atom. The molecule has 2 nitrogen and oxygen atoms in total. The molecule has 1 N–H and O–H groups in total. The molecule has 0 aromatic heterocycles. The summed E-state index contributed by atoms with van der Waals surface area (Å²) < 4.78 is 7.60. The molecule has 1 heterocycles. The fourth-order valence-electron chi connectivity index (χ4n) is 3.95. The fraction of sp³-hybridized carbons (Fsp3) is 0.647. The van der Waals surface area contributed by atoms with Gasteiger partial charge in [-0.25, -0.2) is 0 Å². The summed E-state index contributed by atoms with van der Waals surface area (Å²) in [5, 5.41) is 3.64. The van der Waals surface area contributed by atoms with Gasteiger partial charge in [0.2, 0.25) is 0 Å². The zero-order valence-electron chi connectivity index (χ0n) is 12.6. The zero-order valence-corrected chi connectivity index (χ0v) is 14.2. The number of hydrogen-bond acceptors (Lipinski definition) is 2. The number of halogens is 1. The van der Waals surface area contributed by atoms with Gasteiger partial charge in [0, 0.05) is 22.5 Å². The fourth-order valence-corrected chi connectivity index (χ4v) is 4.29. The summed E-state index contributed by atoms with van der Waals surface area (Å²) in [7, 11) is 0. The van der Waals surface area contributed by atoms with Crippen molar-refractivity contribution in [1.82, 2.24) is 5.32 Å². The van der Waals surface area contributed by atoms with E-state index in [0.717, 1.165) is 29.6 Å². The lowest BCUT2D eigenvalue weighted by Gasteiger charge is -2.41. The molecule has 1 spiro atoms. The molecule has 1 aliphatic carbocycles. The van der Waals surface area contributed by atoms with E-state index in [9.17, 15) is 0 Å². The van der Waals surface area contributed by atoms with Crippen LogP contribution < -0.4 is 10.1 Å². The summed E-state index contributed by atoms with van der Waals surface area (Å²) in [4.78, 5) is 0. The second-order valence-corrected chi connectivity index (χ2v) is 8.04. The maximum atomic E-state index is 6.50. The van der Waals surface area contributed by atoms with E-state index in [1.54, 1.807) is 0 Å². The monoisotopic (exact) mass is 337 g/mol. The van der Waals surface area contributed by atoms with Gasteiger partial charge in [-0.05, 0) is 43.4 Å². The van der Waals surface area contributed by atoms with Crippen LogP contribution >= 0.6 is 15.9 Å². The minimum Gasteiger partial charge on any atom is -0.487 e. The summed E-state index contributed by atoms with van der Waals surface area (Å²) in [6.45, 7) is 7.91. The predicted molar refractivity (Wildman–Crippen MR) is 86.2 cm³/mol. The van der Waals surface area contributed by atoms with Crippen molar-refractivity contribution in [3.8, 4) is 5.75 Å². The molecule has 0 bridgehead atoms. The molecule has 1 aromatic rings. The summed E-state index contributed by atoms with van der Waals surface area (Å²) >= 11 is 3.57. The molecule has 2 atom stereocenters. The number of hydrogen-bond donors (Lipinski definition) is 1. The quantitative estimate of drug-likeness (QED) is 0.834. The van der Waals surface area contributed by atoms with E-state index >= 15 is 0 Å². The van der Waals surface area contributed by atoms with Gasteiger partial charge in [-0.15, -0.1) is 0 Å². The van der Waals surface area contributed by atoms with Crippen molar-refractivity contribution in [3.63, 3.8) is 0 Å². The lowest BCUT2D eigenvalue weighted by Crippen LogP contribution is -2.42. The summed E-state index contributed by atoms with van der Waals surface area (Å²) in [5.74, 6) is 1.06. The maximum Gasteiger partial charge on any atom is 0.126 e. The van der Waals surface area contributed by atoms with Gasteiger partial charge in [-0.2, -0.15) is 0 Å². The van der Waals surface area contributed by atoms with Crippen LogP contribution in [0.2, 0.25) is 0 Å². The zero-order chi connectivity index (χ0) is 14.4. The maximum absolute atomic E-state index is 6.50. The third-order valence-electron chi connectivity index (χ3n) is 4.76. The second-order valence-electron chi connectivity index (χ2n) is 7.12. The molecule has 1 saturated carbocycles. The minimum absolute atomic E-state index is 0.0319. The van der Waals surface area contributed by atoms with E-state index < -0.39 is 0 Å². The Hall–Kier alpha value is -0.540. The van der Waals surface area contributed by atoms with Gasteiger partial charge in [0.1, 0.15) is 11.4 Å². The third-order valence-corrected chi connectivity index (χ3v) is 5.26. The van der Waals surface area contributed by atoms with Crippen molar-refractivity contribution in [2.45, 2.75) is 58.1 Å². The SMILES string of the molecule is CCNC1CC2(CCC(C)(C)C2)Oc2cc(Br)ccc21. The van der Waals surface area contributed by atoms with Gasteiger partial charge < -0.3 is 10.1 Å². The summed E-state index contributed by atoms with van der Waals surface area (Å²) in [6, 6.07) is 6.86. The normalized spacial score (nSPS) is 31.1. The Labute approximate surface area is 130 Å². The highest BCUT2D eigenvalue weighted by atomic mass is 79.9. The summed E-state index contributed by atoms with van der Waals surface area (Å²) in [5.41, 5.74) is 1.75. The first-order valence-corrected chi connectivity index (χ1v) is 8.44. The molecule has 3 heteroatoms. The van der Waals surface area contributed by atoms with Crippen LogP contribution in [0.5, 0.6) is 5.75 Å². The van der Waals surface area contributed by atoms with E-state index in [2.05, 4.69) is 60.2 Å². The van der Waals surface area contributed by atoms with Crippen molar-refractivity contribution >= 4 is 15.9 Å². The molecule has 1 aromatic carbocycles. The smallest absolute Gasteiger partial charge is 0.126 e. The van der Waals surface area contributed by atoms with E-state index in [0.29, 0.717) is 11.5 Å². The Kier molecular flexibility index (Phi) is 3.62. The number of rotatable bonds is 2. The molecule has 110 valence electrons. The second kappa shape index (κ2) is 5.03. The van der Waals surface area contributed by atoms with Gasteiger partial charge >= 0.3 is 0 Å². The molecule has 0 radical (unpaired) electrons. The van der Waals surface area contributed by atoms with Crippen LogP contribution in [0.15, 0.2) is 22.7 Å². The van der Waals surface area contributed by atoms with Gasteiger partial charge in [0.15, 0.2) is 0 Å². The summed E-state index contributed by atoms with van der Waals surface area (Å²) in [6.07, 6.45) is 4.69. The molecule has 0 amide bonds. The van der Waals surface area contributed by atoms with Crippen molar-refractivity contribution in [3.05, 3.63) is 28.2 Å². The molecule has 2 unspecified atom stereocenters. The third kappa shape index (κ3) is 2.62. The highest BCUT2D eigenvalue weighted by Gasteiger charge is 2.49. The van der Waals surface area contributed by atoms with E-state index in [-0.39, 0.29) is 5.60 Å². The minimum atomic E-state index is 0.0319. The molecular formula is C17H24BrNO. The number of benzene rings is 1. The highest BCUT2D eigenvalue weighted by Crippen LogP contribution is 2.53. The van der Waals surface area contributed by atoms with Crippen LogP contribution in [0.25, 0.3) is 0 Å². The number of fused-ring (bicyclic) bond motifs is 1. The predicted octanol–water partition coefficient (Wildman–Crippen LogP) is 4.83. The first kappa shape index (κ1) is 14.4. The first-order chi connectivity index (χ1) is 9.43. The standard InChI is InChI=1S/C17H24BrNO/c1-4-19-14-10-17(8-7-16(2,3)11-17)20-15-9-12(18)5-6-13(14)15/h5-6,9,14,19H,4,7-8,10-11H2,1-3H3. The average Bonchev–Trinajstić information content (AvgIpc) is 2.64. The van der Waals surface area contributed by atoms with Crippen molar-refractivity contribution in [2.75, 3.05) is 6.54 Å². The number of nitrogens with one attached hydrogen (secondary N) is 1. The van der Waals surface area contributed by atoms with E-state index in [1.165, 1.54) is 18.4 Å². The number of ether oxygens (including phenoxy) is 1. The van der Waals surface area contributed by atoms with Crippen LogP contribution in [0, 0.1) is 5.41 Å². The molecule has 1 aliphatic heterocycles. The Morgan fingerprint density at radius 2 is 2.15 bits per heavy atom. The average molecular weight is 338 g/mol. The first-order valence-electron chi connectivity index (χ1n) is 7.65. The lowest BCUT2D eigenvalue weighted by molar-refractivity contribution is 0.0279. The Bertz CT molecular complexity index is 514. The van der Waals surface area contributed by atoms with E-state index in [1.807, 2.05) is 0 Å². The van der Waals surface area contributed by atoms with Gasteiger partial charge in [0.05, 0.1) is 0 Å². The van der Waals surface area contributed by atoms with Crippen LogP contribution in [0.1, 0.15) is 58.1 Å². The molecule has 1 fully saturated rings. The van der Waals surface area contributed by atoms with Crippen molar-refractivity contribution < 1.29 is 4.74 Å². The Balaban J connectivity index is 1.96.